The minimum Gasteiger partial charge on any atom is -0.372 e. The van der Waals surface area contributed by atoms with Crippen LogP contribution in [-0.4, -0.2) is 24.0 Å². The summed E-state index contributed by atoms with van der Waals surface area (Å²) >= 11 is 0. The molecule has 1 aromatic heterocycles. The molecule has 122 valence electrons. The Bertz CT molecular complexity index is 879. The van der Waals surface area contributed by atoms with Crippen molar-refractivity contribution in [2.45, 2.75) is 12.8 Å². The number of H-pyrrole nitrogens is 1. The van der Waals surface area contributed by atoms with Gasteiger partial charge in [0.1, 0.15) is 5.82 Å². The molecule has 0 radical (unpaired) electrons. The van der Waals surface area contributed by atoms with Crippen LogP contribution in [0.2, 0.25) is 0 Å². The monoisotopic (exact) mass is 323 g/mol. The van der Waals surface area contributed by atoms with E-state index in [2.05, 4.69) is 15.2 Å². The molecule has 1 aliphatic heterocycles. The highest BCUT2D eigenvalue weighted by Crippen LogP contribution is 2.24. The molecule has 1 saturated heterocycles. The van der Waals surface area contributed by atoms with Crippen molar-refractivity contribution in [2.75, 3.05) is 23.3 Å². The number of carbonyl (C=O) groups excluding carboxylic acids is 1. The highest BCUT2D eigenvalue weighted by atomic mass is 19.1. The lowest BCUT2D eigenvalue weighted by molar-refractivity contribution is 0.102. The fourth-order valence-corrected chi connectivity index (χ4v) is 3.21. The molecule has 1 aliphatic rings. The predicted octanol–water partition coefficient (Wildman–Crippen LogP) is 4.16. The van der Waals surface area contributed by atoms with Gasteiger partial charge in [0.05, 0.1) is 5.56 Å². The van der Waals surface area contributed by atoms with Gasteiger partial charge in [-0.25, -0.2) is 4.39 Å². The molecule has 3 aromatic rings. The first kappa shape index (κ1) is 14.8. The molecule has 2 heterocycles. The molecule has 0 saturated carbocycles. The average molecular weight is 323 g/mol. The van der Waals surface area contributed by atoms with E-state index in [1.807, 2.05) is 24.3 Å². The molecule has 2 N–H and O–H groups in total. The van der Waals surface area contributed by atoms with Crippen LogP contribution in [0.1, 0.15) is 23.2 Å². The standard InChI is InChI=1S/C19H18FN3O/c20-13-3-8-18-16(11-13)17(12-21-18)19(24)22-14-4-6-15(7-5-14)23-9-1-2-10-23/h3-8,11-12,21H,1-2,9-10H2,(H,22,24). The molecule has 5 heteroatoms. The van der Waals surface area contributed by atoms with Crippen molar-refractivity contribution >= 4 is 28.2 Å². The van der Waals surface area contributed by atoms with Crippen molar-refractivity contribution in [2.24, 2.45) is 0 Å². The number of benzene rings is 2. The van der Waals surface area contributed by atoms with E-state index in [9.17, 15) is 9.18 Å². The van der Waals surface area contributed by atoms with Crippen LogP contribution in [0.25, 0.3) is 10.9 Å². The molecular weight excluding hydrogens is 305 g/mol. The molecule has 1 fully saturated rings. The molecule has 4 rings (SSSR count). The molecule has 1 amide bonds. The fourth-order valence-electron chi connectivity index (χ4n) is 3.21. The smallest absolute Gasteiger partial charge is 0.257 e. The Morgan fingerprint density at radius 1 is 1.08 bits per heavy atom. The van der Waals surface area contributed by atoms with E-state index in [1.165, 1.54) is 30.7 Å². The van der Waals surface area contributed by atoms with Crippen molar-refractivity contribution in [1.29, 1.82) is 0 Å². The van der Waals surface area contributed by atoms with Gasteiger partial charge in [-0.3, -0.25) is 4.79 Å². The summed E-state index contributed by atoms with van der Waals surface area (Å²) in [5.74, 6) is -0.605. The number of anilines is 2. The molecule has 0 bridgehead atoms. The van der Waals surface area contributed by atoms with Gasteiger partial charge in [-0.1, -0.05) is 0 Å². The van der Waals surface area contributed by atoms with Gasteiger partial charge in [0.15, 0.2) is 0 Å². The van der Waals surface area contributed by atoms with Gasteiger partial charge in [0.25, 0.3) is 5.91 Å². The van der Waals surface area contributed by atoms with E-state index >= 15 is 0 Å². The number of amides is 1. The molecular formula is C19H18FN3O. The first-order valence-corrected chi connectivity index (χ1v) is 8.14. The normalized spacial score (nSPS) is 14.3. The highest BCUT2D eigenvalue weighted by molar-refractivity contribution is 6.12. The predicted molar refractivity (Wildman–Crippen MR) is 94.1 cm³/mol. The van der Waals surface area contributed by atoms with Gasteiger partial charge in [0, 0.05) is 41.6 Å². The third-order valence-corrected chi connectivity index (χ3v) is 4.48. The summed E-state index contributed by atoms with van der Waals surface area (Å²) < 4.78 is 13.4. The summed E-state index contributed by atoms with van der Waals surface area (Å²) in [6, 6.07) is 12.2. The highest BCUT2D eigenvalue weighted by Gasteiger charge is 2.14. The SMILES string of the molecule is O=C(Nc1ccc(N2CCCC2)cc1)c1c[nH]c2ccc(F)cc12. The van der Waals surface area contributed by atoms with Crippen molar-refractivity contribution in [1.82, 2.24) is 4.98 Å². The van der Waals surface area contributed by atoms with Crippen molar-refractivity contribution in [3.8, 4) is 0 Å². The van der Waals surface area contributed by atoms with Crippen LogP contribution in [0.5, 0.6) is 0 Å². The van der Waals surface area contributed by atoms with Crippen molar-refractivity contribution in [3.63, 3.8) is 0 Å². The Balaban J connectivity index is 1.53. The molecule has 0 unspecified atom stereocenters. The van der Waals surface area contributed by atoms with E-state index < -0.39 is 0 Å². The topological polar surface area (TPSA) is 48.1 Å². The lowest BCUT2D eigenvalue weighted by Gasteiger charge is -2.17. The van der Waals surface area contributed by atoms with E-state index in [1.54, 1.807) is 12.3 Å². The summed E-state index contributed by atoms with van der Waals surface area (Å²) in [6.45, 7) is 2.18. The van der Waals surface area contributed by atoms with Crippen LogP contribution in [0.15, 0.2) is 48.7 Å². The van der Waals surface area contributed by atoms with Gasteiger partial charge in [-0.05, 0) is 55.3 Å². The lowest BCUT2D eigenvalue weighted by Crippen LogP contribution is -2.17. The van der Waals surface area contributed by atoms with Gasteiger partial charge in [-0.2, -0.15) is 0 Å². The van der Waals surface area contributed by atoms with Gasteiger partial charge in [-0.15, -0.1) is 0 Å². The maximum atomic E-state index is 13.4. The molecule has 0 spiro atoms. The number of fused-ring (bicyclic) bond motifs is 1. The minimum atomic E-state index is -0.355. The van der Waals surface area contributed by atoms with Crippen LogP contribution in [-0.2, 0) is 0 Å². The summed E-state index contributed by atoms with van der Waals surface area (Å²) in [7, 11) is 0. The van der Waals surface area contributed by atoms with Gasteiger partial charge < -0.3 is 15.2 Å². The van der Waals surface area contributed by atoms with Crippen LogP contribution >= 0.6 is 0 Å². The number of hydrogen-bond donors (Lipinski definition) is 2. The number of nitrogens with zero attached hydrogens (tertiary/aromatic N) is 1. The zero-order chi connectivity index (χ0) is 16.5. The minimum absolute atomic E-state index is 0.249. The van der Waals surface area contributed by atoms with E-state index in [4.69, 9.17) is 0 Å². The Kier molecular flexibility index (Phi) is 3.69. The van der Waals surface area contributed by atoms with Gasteiger partial charge >= 0.3 is 0 Å². The number of rotatable bonds is 3. The Morgan fingerprint density at radius 2 is 1.83 bits per heavy atom. The average Bonchev–Trinajstić information content (AvgIpc) is 3.24. The molecule has 24 heavy (non-hydrogen) atoms. The largest absolute Gasteiger partial charge is 0.372 e. The number of carbonyl (C=O) groups is 1. The fraction of sp³-hybridized carbons (Fsp3) is 0.211. The Hall–Kier alpha value is -2.82. The van der Waals surface area contributed by atoms with Crippen LogP contribution < -0.4 is 10.2 Å². The number of halogens is 1. The second-order valence-electron chi connectivity index (χ2n) is 6.09. The zero-order valence-corrected chi connectivity index (χ0v) is 13.2. The van der Waals surface area contributed by atoms with Crippen LogP contribution in [0, 0.1) is 5.82 Å². The lowest BCUT2D eigenvalue weighted by atomic mass is 10.1. The number of aromatic amines is 1. The summed E-state index contributed by atoms with van der Waals surface area (Å²) in [6.07, 6.45) is 4.07. The van der Waals surface area contributed by atoms with Gasteiger partial charge in [0.2, 0.25) is 0 Å². The zero-order valence-electron chi connectivity index (χ0n) is 13.2. The molecule has 0 atom stereocenters. The van der Waals surface area contributed by atoms with Crippen LogP contribution in [0.3, 0.4) is 0 Å². The summed E-state index contributed by atoms with van der Waals surface area (Å²) in [5.41, 5.74) is 3.09. The Labute approximate surface area is 139 Å². The molecule has 4 nitrogen and oxygen atoms in total. The summed E-state index contributed by atoms with van der Waals surface area (Å²) in [5, 5.41) is 3.46. The maximum absolute atomic E-state index is 13.4. The molecule has 2 aromatic carbocycles. The Morgan fingerprint density at radius 3 is 2.58 bits per heavy atom. The van der Waals surface area contributed by atoms with Crippen molar-refractivity contribution < 1.29 is 9.18 Å². The third-order valence-electron chi connectivity index (χ3n) is 4.48. The first-order valence-electron chi connectivity index (χ1n) is 8.14. The van der Waals surface area contributed by atoms with E-state index in [0.717, 1.165) is 24.3 Å². The van der Waals surface area contributed by atoms with E-state index in [-0.39, 0.29) is 11.7 Å². The second-order valence-corrected chi connectivity index (χ2v) is 6.09. The number of hydrogen-bond acceptors (Lipinski definition) is 2. The van der Waals surface area contributed by atoms with E-state index in [0.29, 0.717) is 10.9 Å². The number of nitrogens with one attached hydrogen (secondary N) is 2. The van der Waals surface area contributed by atoms with Crippen LogP contribution in [0.4, 0.5) is 15.8 Å². The summed E-state index contributed by atoms with van der Waals surface area (Å²) in [4.78, 5) is 17.8. The second kappa shape index (κ2) is 6.00. The van der Waals surface area contributed by atoms with Crippen molar-refractivity contribution in [3.05, 3.63) is 60.0 Å². The first-order chi connectivity index (χ1) is 11.7. The quantitative estimate of drug-likeness (QED) is 0.760. The maximum Gasteiger partial charge on any atom is 0.257 e. The third kappa shape index (κ3) is 2.73. The number of aromatic nitrogens is 1. The molecule has 0 aliphatic carbocycles.